The fourth-order valence-electron chi connectivity index (χ4n) is 2.68. The predicted octanol–water partition coefficient (Wildman–Crippen LogP) is 3.88. The Labute approximate surface area is 116 Å². The van der Waals surface area contributed by atoms with Crippen molar-refractivity contribution in [1.29, 1.82) is 0 Å². The van der Waals surface area contributed by atoms with Gasteiger partial charge in [-0.3, -0.25) is 0 Å². The topological polar surface area (TPSA) is 34.4 Å². The van der Waals surface area contributed by atoms with Gasteiger partial charge < -0.3 is 14.5 Å². The first-order valence-corrected chi connectivity index (χ1v) is 7.73. The fraction of sp³-hybridized carbons (Fsp3) is 0.750. The summed E-state index contributed by atoms with van der Waals surface area (Å²) in [5.74, 6) is 1.72. The zero-order valence-electron chi connectivity index (χ0n) is 12.1. The highest BCUT2D eigenvalue weighted by Gasteiger charge is 2.13. The highest BCUT2D eigenvalue weighted by molar-refractivity contribution is 5.11. The summed E-state index contributed by atoms with van der Waals surface area (Å²) in [6.45, 7) is 5.62. The molecule has 1 aliphatic carbocycles. The van der Waals surface area contributed by atoms with E-state index < -0.39 is 0 Å². The number of furan rings is 1. The summed E-state index contributed by atoms with van der Waals surface area (Å²) in [4.78, 5) is 0. The molecular formula is C16H27NO2. The molecule has 108 valence electrons. The number of rotatable bonds is 8. The Balaban J connectivity index is 1.62. The third-order valence-electron chi connectivity index (χ3n) is 3.79. The van der Waals surface area contributed by atoms with Gasteiger partial charge in [-0.1, -0.05) is 26.2 Å². The lowest BCUT2D eigenvalue weighted by atomic mass is 9.90. The molecule has 1 aliphatic rings. The summed E-state index contributed by atoms with van der Waals surface area (Å²) in [6, 6.07) is 2.10. The van der Waals surface area contributed by atoms with Gasteiger partial charge in [0.1, 0.15) is 12.4 Å². The Bertz CT molecular complexity index is 342. The standard InChI is InChI=1S/C16H27NO2/c1-2-8-17-10-15-9-16(19-12-15)13-18-11-14-6-4-3-5-7-14/h9,12,14,17H,2-8,10-11,13H2,1H3. The van der Waals surface area contributed by atoms with Gasteiger partial charge in [0.05, 0.1) is 6.26 Å². The number of hydrogen-bond acceptors (Lipinski definition) is 3. The molecule has 3 heteroatoms. The van der Waals surface area contributed by atoms with Crippen LogP contribution in [0.15, 0.2) is 16.7 Å². The van der Waals surface area contributed by atoms with Gasteiger partial charge >= 0.3 is 0 Å². The minimum Gasteiger partial charge on any atom is -0.467 e. The fourth-order valence-corrected chi connectivity index (χ4v) is 2.68. The smallest absolute Gasteiger partial charge is 0.129 e. The molecule has 0 saturated heterocycles. The molecule has 1 heterocycles. The van der Waals surface area contributed by atoms with Gasteiger partial charge in [0, 0.05) is 18.7 Å². The molecule has 1 saturated carbocycles. The van der Waals surface area contributed by atoms with Crippen molar-refractivity contribution in [3.63, 3.8) is 0 Å². The van der Waals surface area contributed by atoms with E-state index in [1.54, 1.807) is 0 Å². The second-order valence-corrected chi connectivity index (χ2v) is 5.62. The van der Waals surface area contributed by atoms with Gasteiger partial charge in [0.15, 0.2) is 0 Å². The zero-order chi connectivity index (χ0) is 13.3. The Kier molecular flexibility index (Phi) is 6.45. The van der Waals surface area contributed by atoms with Crippen LogP contribution in [0.3, 0.4) is 0 Å². The zero-order valence-corrected chi connectivity index (χ0v) is 12.1. The van der Waals surface area contributed by atoms with Gasteiger partial charge in [-0.15, -0.1) is 0 Å². The van der Waals surface area contributed by atoms with Crippen molar-refractivity contribution in [3.8, 4) is 0 Å². The van der Waals surface area contributed by atoms with E-state index in [4.69, 9.17) is 9.15 Å². The number of ether oxygens (including phenoxy) is 1. The first kappa shape index (κ1) is 14.6. The Morgan fingerprint density at radius 3 is 2.95 bits per heavy atom. The molecular weight excluding hydrogens is 238 g/mol. The van der Waals surface area contributed by atoms with Crippen molar-refractivity contribution in [3.05, 3.63) is 23.7 Å². The Hall–Kier alpha value is -0.800. The molecule has 19 heavy (non-hydrogen) atoms. The summed E-state index contributed by atoms with van der Waals surface area (Å²) >= 11 is 0. The Morgan fingerprint density at radius 2 is 2.16 bits per heavy atom. The molecule has 3 nitrogen and oxygen atoms in total. The lowest BCUT2D eigenvalue weighted by Crippen LogP contribution is -2.13. The molecule has 0 aromatic carbocycles. The molecule has 0 bridgehead atoms. The van der Waals surface area contributed by atoms with E-state index >= 15 is 0 Å². The van der Waals surface area contributed by atoms with Crippen molar-refractivity contribution in [2.75, 3.05) is 13.2 Å². The quantitative estimate of drug-likeness (QED) is 0.724. The third-order valence-corrected chi connectivity index (χ3v) is 3.79. The molecule has 1 N–H and O–H groups in total. The minimum atomic E-state index is 0.615. The lowest BCUT2D eigenvalue weighted by Gasteiger charge is -2.20. The minimum absolute atomic E-state index is 0.615. The van der Waals surface area contributed by atoms with Crippen LogP contribution in [-0.4, -0.2) is 13.2 Å². The van der Waals surface area contributed by atoms with Crippen LogP contribution in [0.2, 0.25) is 0 Å². The van der Waals surface area contributed by atoms with E-state index in [1.807, 2.05) is 6.26 Å². The maximum absolute atomic E-state index is 5.78. The molecule has 0 atom stereocenters. The van der Waals surface area contributed by atoms with Crippen LogP contribution in [0, 0.1) is 5.92 Å². The van der Waals surface area contributed by atoms with E-state index in [2.05, 4.69) is 18.3 Å². The van der Waals surface area contributed by atoms with Crippen LogP contribution >= 0.6 is 0 Å². The number of hydrogen-bond donors (Lipinski definition) is 1. The molecule has 0 spiro atoms. The van der Waals surface area contributed by atoms with Gasteiger partial charge in [-0.25, -0.2) is 0 Å². The van der Waals surface area contributed by atoms with Crippen molar-refractivity contribution >= 4 is 0 Å². The van der Waals surface area contributed by atoms with Gasteiger partial charge in [-0.2, -0.15) is 0 Å². The van der Waals surface area contributed by atoms with E-state index in [-0.39, 0.29) is 0 Å². The average Bonchev–Trinajstić information content (AvgIpc) is 2.88. The van der Waals surface area contributed by atoms with Crippen molar-refractivity contribution in [2.45, 2.75) is 58.6 Å². The van der Waals surface area contributed by atoms with Gasteiger partial charge in [-0.05, 0) is 37.8 Å². The van der Waals surface area contributed by atoms with E-state index in [9.17, 15) is 0 Å². The van der Waals surface area contributed by atoms with E-state index in [0.717, 1.165) is 37.8 Å². The molecule has 0 amide bonds. The summed E-state index contributed by atoms with van der Waals surface area (Å²) in [7, 11) is 0. The monoisotopic (exact) mass is 265 g/mol. The lowest BCUT2D eigenvalue weighted by molar-refractivity contribution is 0.0637. The predicted molar refractivity (Wildman–Crippen MR) is 76.9 cm³/mol. The maximum atomic E-state index is 5.78. The second-order valence-electron chi connectivity index (χ2n) is 5.62. The molecule has 1 aromatic heterocycles. The average molecular weight is 265 g/mol. The first-order chi connectivity index (χ1) is 9.38. The van der Waals surface area contributed by atoms with Crippen molar-refractivity contribution < 1.29 is 9.15 Å². The van der Waals surface area contributed by atoms with Crippen LogP contribution < -0.4 is 5.32 Å². The summed E-state index contributed by atoms with van der Waals surface area (Å²) in [5, 5.41) is 3.37. The Morgan fingerprint density at radius 1 is 1.32 bits per heavy atom. The summed E-state index contributed by atoms with van der Waals surface area (Å²) in [5.41, 5.74) is 1.21. The second kappa shape index (κ2) is 8.39. The normalized spacial score (nSPS) is 16.9. The van der Waals surface area contributed by atoms with Crippen LogP contribution in [0.4, 0.5) is 0 Å². The molecule has 2 rings (SSSR count). The number of nitrogens with one attached hydrogen (secondary N) is 1. The van der Waals surface area contributed by atoms with Crippen LogP contribution in [0.1, 0.15) is 56.8 Å². The molecule has 0 aliphatic heterocycles. The van der Waals surface area contributed by atoms with Gasteiger partial charge in [0.25, 0.3) is 0 Å². The van der Waals surface area contributed by atoms with Gasteiger partial charge in [0.2, 0.25) is 0 Å². The molecule has 0 radical (unpaired) electrons. The molecule has 1 fully saturated rings. The highest BCUT2D eigenvalue weighted by Crippen LogP contribution is 2.24. The van der Waals surface area contributed by atoms with Crippen LogP contribution in [0.5, 0.6) is 0 Å². The third kappa shape index (κ3) is 5.37. The largest absolute Gasteiger partial charge is 0.467 e. The summed E-state index contributed by atoms with van der Waals surface area (Å²) in [6.07, 6.45) is 9.83. The summed E-state index contributed by atoms with van der Waals surface area (Å²) < 4.78 is 11.3. The van der Waals surface area contributed by atoms with Crippen molar-refractivity contribution in [1.82, 2.24) is 5.32 Å². The SMILES string of the molecule is CCCNCc1coc(COCC2CCCCC2)c1. The molecule has 1 aromatic rings. The molecule has 0 unspecified atom stereocenters. The van der Waals surface area contributed by atoms with Crippen molar-refractivity contribution in [2.24, 2.45) is 5.92 Å². The first-order valence-electron chi connectivity index (χ1n) is 7.73. The van der Waals surface area contributed by atoms with Crippen LogP contribution in [-0.2, 0) is 17.9 Å². The highest BCUT2D eigenvalue weighted by atomic mass is 16.5. The van der Waals surface area contributed by atoms with Crippen LogP contribution in [0.25, 0.3) is 0 Å². The maximum Gasteiger partial charge on any atom is 0.129 e. The van der Waals surface area contributed by atoms with E-state index in [0.29, 0.717) is 6.61 Å². The van der Waals surface area contributed by atoms with E-state index in [1.165, 1.54) is 37.7 Å².